The zero-order valence-corrected chi connectivity index (χ0v) is 11.6. The van der Waals surface area contributed by atoms with Crippen LogP contribution in [0.15, 0.2) is 18.2 Å². The molecule has 2 rings (SSSR count). The van der Waals surface area contributed by atoms with E-state index in [1.54, 1.807) is 16.8 Å². The molecule has 5 heteroatoms. The van der Waals surface area contributed by atoms with Gasteiger partial charge in [0.05, 0.1) is 18.8 Å². The second-order valence-electron chi connectivity index (χ2n) is 4.58. The van der Waals surface area contributed by atoms with Crippen molar-refractivity contribution in [1.82, 2.24) is 9.78 Å². The molecule has 1 unspecified atom stereocenters. The van der Waals surface area contributed by atoms with Crippen molar-refractivity contribution in [2.45, 2.75) is 19.9 Å². The molecule has 0 aliphatic carbocycles. The zero-order valence-electron chi connectivity index (χ0n) is 11.6. The van der Waals surface area contributed by atoms with E-state index in [0.717, 1.165) is 17.0 Å². The molecule has 4 nitrogen and oxygen atoms in total. The number of hydrogen-bond acceptors (Lipinski definition) is 3. The molecule has 0 bridgehead atoms. The molecule has 0 fully saturated rings. The van der Waals surface area contributed by atoms with Crippen molar-refractivity contribution in [2.75, 3.05) is 7.11 Å². The number of aryl methyl sites for hydroxylation is 2. The number of methoxy groups -OCH3 is 1. The van der Waals surface area contributed by atoms with Gasteiger partial charge < -0.3 is 10.5 Å². The Morgan fingerprint density at radius 1 is 1.37 bits per heavy atom. The molecular formula is C14H18FN3O. The largest absolute Gasteiger partial charge is 0.494 e. The zero-order chi connectivity index (χ0) is 14.2. The summed E-state index contributed by atoms with van der Waals surface area (Å²) in [5.74, 6) is -0.190. The topological polar surface area (TPSA) is 53.1 Å². The van der Waals surface area contributed by atoms with E-state index < -0.39 is 11.9 Å². The van der Waals surface area contributed by atoms with Gasteiger partial charge in [-0.05, 0) is 31.5 Å². The highest BCUT2D eigenvalue weighted by atomic mass is 19.1. The Morgan fingerprint density at radius 3 is 2.53 bits per heavy atom. The Morgan fingerprint density at radius 2 is 2.05 bits per heavy atom. The fourth-order valence-corrected chi connectivity index (χ4v) is 2.28. The van der Waals surface area contributed by atoms with Gasteiger partial charge in [0.15, 0.2) is 11.6 Å². The average molecular weight is 263 g/mol. The minimum Gasteiger partial charge on any atom is -0.494 e. The van der Waals surface area contributed by atoms with E-state index in [1.807, 2.05) is 20.9 Å². The molecule has 19 heavy (non-hydrogen) atoms. The van der Waals surface area contributed by atoms with Crippen molar-refractivity contribution >= 4 is 0 Å². The van der Waals surface area contributed by atoms with Crippen LogP contribution >= 0.6 is 0 Å². The number of hydrogen-bond donors (Lipinski definition) is 1. The third kappa shape index (κ3) is 2.33. The van der Waals surface area contributed by atoms with Crippen LogP contribution in [0.5, 0.6) is 5.75 Å². The van der Waals surface area contributed by atoms with Crippen molar-refractivity contribution in [3.63, 3.8) is 0 Å². The molecule has 102 valence electrons. The first-order valence-electron chi connectivity index (χ1n) is 6.04. The maximum Gasteiger partial charge on any atom is 0.165 e. The Labute approximate surface area is 112 Å². The van der Waals surface area contributed by atoms with Gasteiger partial charge in [0.1, 0.15) is 0 Å². The number of halogens is 1. The quantitative estimate of drug-likeness (QED) is 0.924. The summed E-state index contributed by atoms with van der Waals surface area (Å²) < 4.78 is 20.4. The first kappa shape index (κ1) is 13.5. The summed E-state index contributed by atoms with van der Waals surface area (Å²) >= 11 is 0. The van der Waals surface area contributed by atoms with E-state index in [1.165, 1.54) is 13.2 Å². The molecule has 1 atom stereocenters. The maximum atomic E-state index is 13.7. The maximum absolute atomic E-state index is 13.7. The van der Waals surface area contributed by atoms with Crippen LogP contribution in [-0.4, -0.2) is 16.9 Å². The van der Waals surface area contributed by atoms with Gasteiger partial charge in [-0.25, -0.2) is 4.39 Å². The molecule has 1 aromatic carbocycles. The van der Waals surface area contributed by atoms with Crippen molar-refractivity contribution in [2.24, 2.45) is 12.8 Å². The summed E-state index contributed by atoms with van der Waals surface area (Å²) in [5.41, 5.74) is 9.73. The van der Waals surface area contributed by atoms with Crippen molar-refractivity contribution < 1.29 is 9.13 Å². The summed E-state index contributed by atoms with van der Waals surface area (Å²) in [4.78, 5) is 0. The Hall–Kier alpha value is -1.88. The first-order valence-corrected chi connectivity index (χ1v) is 6.04. The molecule has 0 saturated carbocycles. The molecule has 2 aromatic rings. The SMILES string of the molecule is COc1ccc(C(N)c2c(C)nn(C)c2C)cc1F. The van der Waals surface area contributed by atoms with Gasteiger partial charge in [-0.2, -0.15) is 5.10 Å². The van der Waals surface area contributed by atoms with E-state index in [0.29, 0.717) is 5.56 Å². The summed E-state index contributed by atoms with van der Waals surface area (Å²) in [7, 11) is 3.31. The third-order valence-electron chi connectivity index (χ3n) is 3.41. The average Bonchev–Trinajstić information content (AvgIpc) is 2.62. The van der Waals surface area contributed by atoms with Crippen molar-refractivity contribution in [1.29, 1.82) is 0 Å². The van der Waals surface area contributed by atoms with Gasteiger partial charge in [-0.1, -0.05) is 6.07 Å². The first-order chi connectivity index (χ1) is 8.95. The lowest BCUT2D eigenvalue weighted by Crippen LogP contribution is -2.14. The molecule has 0 spiro atoms. The lowest BCUT2D eigenvalue weighted by Gasteiger charge is -2.14. The second kappa shape index (κ2) is 5.01. The fourth-order valence-electron chi connectivity index (χ4n) is 2.28. The smallest absolute Gasteiger partial charge is 0.165 e. The second-order valence-corrected chi connectivity index (χ2v) is 4.58. The Bertz CT molecular complexity index is 607. The van der Waals surface area contributed by atoms with Gasteiger partial charge >= 0.3 is 0 Å². The molecule has 0 radical (unpaired) electrons. The number of aromatic nitrogens is 2. The lowest BCUT2D eigenvalue weighted by atomic mass is 9.98. The molecular weight excluding hydrogens is 245 g/mol. The number of benzene rings is 1. The van der Waals surface area contributed by atoms with Gasteiger partial charge in [0.25, 0.3) is 0 Å². The predicted octanol–water partition coefficient (Wildman–Crippen LogP) is 2.23. The summed E-state index contributed by atoms with van der Waals surface area (Å²) in [5, 5.41) is 4.33. The third-order valence-corrected chi connectivity index (χ3v) is 3.41. The molecule has 1 aromatic heterocycles. The number of rotatable bonds is 3. The molecule has 0 aliphatic rings. The van der Waals surface area contributed by atoms with E-state index in [4.69, 9.17) is 10.5 Å². The lowest BCUT2D eigenvalue weighted by molar-refractivity contribution is 0.386. The number of nitrogens with two attached hydrogens (primary N) is 1. The highest BCUT2D eigenvalue weighted by Crippen LogP contribution is 2.28. The molecule has 0 amide bonds. The summed E-state index contributed by atoms with van der Waals surface area (Å²) in [6.45, 7) is 3.86. The standard InChI is InChI=1S/C14H18FN3O/c1-8-13(9(2)18(3)17-8)14(16)10-5-6-12(19-4)11(15)7-10/h5-7,14H,16H2,1-4H3. The Balaban J connectivity index is 2.44. The number of nitrogens with zero attached hydrogens (tertiary/aromatic N) is 2. The molecule has 1 heterocycles. The van der Waals surface area contributed by atoms with Crippen LogP contribution in [0, 0.1) is 19.7 Å². The summed E-state index contributed by atoms with van der Waals surface area (Å²) in [6, 6.07) is 4.38. The minimum atomic E-state index is -0.408. The summed E-state index contributed by atoms with van der Waals surface area (Å²) in [6.07, 6.45) is 0. The van der Waals surface area contributed by atoms with Crippen molar-refractivity contribution in [3.05, 3.63) is 46.5 Å². The van der Waals surface area contributed by atoms with Gasteiger partial charge in [-0.15, -0.1) is 0 Å². The predicted molar refractivity (Wildman–Crippen MR) is 71.7 cm³/mol. The Kier molecular flexibility index (Phi) is 3.57. The van der Waals surface area contributed by atoms with Crippen LogP contribution in [0.3, 0.4) is 0 Å². The van der Waals surface area contributed by atoms with E-state index >= 15 is 0 Å². The van der Waals surface area contributed by atoms with Crippen LogP contribution in [-0.2, 0) is 7.05 Å². The van der Waals surface area contributed by atoms with E-state index in [2.05, 4.69) is 5.10 Å². The molecule has 0 saturated heterocycles. The van der Waals surface area contributed by atoms with Crippen LogP contribution in [0.1, 0.15) is 28.6 Å². The highest BCUT2D eigenvalue weighted by molar-refractivity contribution is 5.39. The van der Waals surface area contributed by atoms with Gasteiger partial charge in [0, 0.05) is 18.3 Å². The van der Waals surface area contributed by atoms with E-state index in [-0.39, 0.29) is 5.75 Å². The highest BCUT2D eigenvalue weighted by Gasteiger charge is 2.19. The van der Waals surface area contributed by atoms with Gasteiger partial charge in [-0.3, -0.25) is 4.68 Å². The van der Waals surface area contributed by atoms with Gasteiger partial charge in [0.2, 0.25) is 0 Å². The van der Waals surface area contributed by atoms with Crippen molar-refractivity contribution in [3.8, 4) is 5.75 Å². The normalized spacial score (nSPS) is 12.5. The molecule has 2 N–H and O–H groups in total. The molecule has 0 aliphatic heterocycles. The van der Waals surface area contributed by atoms with Crippen LogP contribution in [0.4, 0.5) is 4.39 Å². The van der Waals surface area contributed by atoms with Crippen LogP contribution in [0.25, 0.3) is 0 Å². The number of ether oxygens (including phenoxy) is 1. The minimum absolute atomic E-state index is 0.218. The van der Waals surface area contributed by atoms with E-state index in [9.17, 15) is 4.39 Å². The monoisotopic (exact) mass is 263 g/mol. The van der Waals surface area contributed by atoms with Crippen LogP contribution < -0.4 is 10.5 Å². The van der Waals surface area contributed by atoms with Crippen LogP contribution in [0.2, 0.25) is 0 Å². The fraction of sp³-hybridized carbons (Fsp3) is 0.357.